The fourth-order valence-electron chi connectivity index (χ4n) is 1.82. The lowest BCUT2D eigenvalue weighted by Gasteiger charge is -2.26. The minimum Gasteiger partial charge on any atom is -0.381 e. The predicted molar refractivity (Wildman–Crippen MR) is 48.1 cm³/mol. The van der Waals surface area contributed by atoms with Gasteiger partial charge in [0.1, 0.15) is 0 Å². The van der Waals surface area contributed by atoms with Gasteiger partial charge < -0.3 is 15.8 Å². The summed E-state index contributed by atoms with van der Waals surface area (Å²) in [5, 5.41) is 3.35. The molecule has 0 unspecified atom stereocenters. The third-order valence-corrected chi connectivity index (χ3v) is 2.92. The molecule has 0 atom stereocenters. The van der Waals surface area contributed by atoms with Crippen molar-refractivity contribution >= 4 is 5.91 Å². The van der Waals surface area contributed by atoms with Crippen molar-refractivity contribution < 1.29 is 9.53 Å². The molecule has 4 nitrogen and oxygen atoms in total. The van der Waals surface area contributed by atoms with Gasteiger partial charge in [0.2, 0.25) is 5.91 Å². The van der Waals surface area contributed by atoms with Gasteiger partial charge in [-0.2, -0.15) is 0 Å². The van der Waals surface area contributed by atoms with Crippen LogP contribution in [0.3, 0.4) is 0 Å². The minimum atomic E-state index is -0.359. The first kappa shape index (κ1) is 8.97. The second-order valence-electron chi connectivity index (χ2n) is 3.98. The molecule has 4 heteroatoms. The zero-order valence-electron chi connectivity index (χ0n) is 7.71. The highest BCUT2D eigenvalue weighted by Gasteiger charge is 2.49. The van der Waals surface area contributed by atoms with Gasteiger partial charge in [0.15, 0.2) is 0 Å². The van der Waals surface area contributed by atoms with Crippen molar-refractivity contribution in [3.63, 3.8) is 0 Å². The standard InChI is InChI=1S/C9H16N2O2/c10-8(12)9(3-4-9)11-7-1-5-13-6-2-7/h7,11H,1-6H2,(H2,10,12). The van der Waals surface area contributed by atoms with Crippen LogP contribution in [-0.4, -0.2) is 30.7 Å². The number of hydrogen-bond donors (Lipinski definition) is 2. The Morgan fingerprint density at radius 3 is 2.46 bits per heavy atom. The average Bonchev–Trinajstić information content (AvgIpc) is 2.87. The molecule has 1 aliphatic carbocycles. The Labute approximate surface area is 77.8 Å². The van der Waals surface area contributed by atoms with E-state index in [1.807, 2.05) is 0 Å². The van der Waals surface area contributed by atoms with Gasteiger partial charge in [-0.15, -0.1) is 0 Å². The number of rotatable bonds is 3. The summed E-state index contributed by atoms with van der Waals surface area (Å²) in [6.07, 6.45) is 3.80. The van der Waals surface area contributed by atoms with E-state index in [-0.39, 0.29) is 11.4 Å². The maximum atomic E-state index is 11.1. The lowest BCUT2D eigenvalue weighted by atomic mass is 10.1. The Bertz CT molecular complexity index is 208. The average molecular weight is 184 g/mol. The van der Waals surface area contributed by atoms with Crippen LogP contribution in [-0.2, 0) is 9.53 Å². The summed E-state index contributed by atoms with van der Waals surface area (Å²) >= 11 is 0. The van der Waals surface area contributed by atoms with Crippen LogP contribution in [0.4, 0.5) is 0 Å². The third kappa shape index (κ3) is 1.84. The molecule has 0 aromatic carbocycles. The maximum Gasteiger partial charge on any atom is 0.237 e. The van der Waals surface area contributed by atoms with Crippen LogP contribution in [0.5, 0.6) is 0 Å². The molecule has 74 valence electrons. The van der Waals surface area contributed by atoms with E-state index in [1.165, 1.54) is 0 Å². The van der Waals surface area contributed by atoms with Gasteiger partial charge in [0.25, 0.3) is 0 Å². The molecule has 1 amide bonds. The van der Waals surface area contributed by atoms with Gasteiger partial charge in [-0.3, -0.25) is 4.79 Å². The number of ether oxygens (including phenoxy) is 1. The minimum absolute atomic E-state index is 0.195. The van der Waals surface area contributed by atoms with Crippen LogP contribution >= 0.6 is 0 Å². The molecule has 2 aliphatic rings. The zero-order chi connectivity index (χ0) is 9.31. The van der Waals surface area contributed by atoms with E-state index in [2.05, 4.69) is 5.32 Å². The quantitative estimate of drug-likeness (QED) is 0.637. The monoisotopic (exact) mass is 184 g/mol. The number of hydrogen-bond acceptors (Lipinski definition) is 3. The van der Waals surface area contributed by atoms with Gasteiger partial charge in [0, 0.05) is 19.3 Å². The topological polar surface area (TPSA) is 64.4 Å². The van der Waals surface area contributed by atoms with Crippen LogP contribution in [0.15, 0.2) is 0 Å². The molecule has 0 aromatic heterocycles. The molecule has 0 spiro atoms. The second kappa shape index (κ2) is 3.27. The first-order chi connectivity index (χ1) is 6.23. The summed E-state index contributed by atoms with van der Waals surface area (Å²) in [5.74, 6) is -0.195. The fraction of sp³-hybridized carbons (Fsp3) is 0.889. The Morgan fingerprint density at radius 1 is 1.38 bits per heavy atom. The second-order valence-corrected chi connectivity index (χ2v) is 3.98. The van der Waals surface area contributed by atoms with Crippen LogP contribution in [0, 0.1) is 0 Å². The number of primary amides is 1. The van der Waals surface area contributed by atoms with Crippen molar-refractivity contribution in [2.24, 2.45) is 5.73 Å². The van der Waals surface area contributed by atoms with Gasteiger partial charge >= 0.3 is 0 Å². The Balaban J connectivity index is 1.86. The van der Waals surface area contributed by atoms with Crippen molar-refractivity contribution in [2.45, 2.75) is 37.3 Å². The molecule has 0 aromatic rings. The molecule has 1 saturated heterocycles. The van der Waals surface area contributed by atoms with Gasteiger partial charge in [-0.05, 0) is 25.7 Å². The number of carbonyl (C=O) groups excluding carboxylic acids is 1. The van der Waals surface area contributed by atoms with Crippen LogP contribution in [0.2, 0.25) is 0 Å². The molecular weight excluding hydrogens is 168 g/mol. The molecule has 1 aliphatic heterocycles. The third-order valence-electron chi connectivity index (χ3n) is 2.92. The van der Waals surface area contributed by atoms with E-state index in [0.717, 1.165) is 38.9 Å². The summed E-state index contributed by atoms with van der Waals surface area (Å²) in [4.78, 5) is 11.1. The number of nitrogens with two attached hydrogens (primary N) is 1. The molecule has 2 fully saturated rings. The van der Waals surface area contributed by atoms with E-state index >= 15 is 0 Å². The lowest BCUT2D eigenvalue weighted by Crippen LogP contribution is -2.50. The highest BCUT2D eigenvalue weighted by atomic mass is 16.5. The van der Waals surface area contributed by atoms with Gasteiger partial charge in [0.05, 0.1) is 5.54 Å². The molecule has 2 rings (SSSR count). The van der Waals surface area contributed by atoms with E-state index in [0.29, 0.717) is 6.04 Å². The fourth-order valence-corrected chi connectivity index (χ4v) is 1.82. The largest absolute Gasteiger partial charge is 0.381 e. The van der Waals surface area contributed by atoms with E-state index in [4.69, 9.17) is 10.5 Å². The summed E-state index contributed by atoms with van der Waals surface area (Å²) in [5.41, 5.74) is 4.96. The van der Waals surface area contributed by atoms with Crippen molar-refractivity contribution in [1.82, 2.24) is 5.32 Å². The normalized spacial score (nSPS) is 27.1. The summed E-state index contributed by atoms with van der Waals surface area (Å²) in [6, 6.07) is 0.420. The number of carbonyl (C=O) groups is 1. The number of nitrogens with one attached hydrogen (secondary N) is 1. The molecular formula is C9H16N2O2. The highest BCUT2D eigenvalue weighted by Crippen LogP contribution is 2.36. The van der Waals surface area contributed by atoms with E-state index in [9.17, 15) is 4.79 Å². The maximum absolute atomic E-state index is 11.1. The van der Waals surface area contributed by atoms with Crippen molar-refractivity contribution in [1.29, 1.82) is 0 Å². The summed E-state index contributed by atoms with van der Waals surface area (Å²) in [7, 11) is 0. The molecule has 0 bridgehead atoms. The Hall–Kier alpha value is -0.610. The molecule has 0 radical (unpaired) electrons. The molecule has 13 heavy (non-hydrogen) atoms. The zero-order valence-corrected chi connectivity index (χ0v) is 7.71. The SMILES string of the molecule is NC(=O)C1(NC2CCOCC2)CC1. The van der Waals surface area contributed by atoms with Crippen LogP contribution in [0.1, 0.15) is 25.7 Å². The Kier molecular flexibility index (Phi) is 2.26. The van der Waals surface area contributed by atoms with E-state index in [1.54, 1.807) is 0 Å². The summed E-state index contributed by atoms with van der Waals surface area (Å²) < 4.78 is 5.24. The van der Waals surface area contributed by atoms with Crippen LogP contribution in [0.25, 0.3) is 0 Å². The smallest absolute Gasteiger partial charge is 0.237 e. The molecule has 1 heterocycles. The predicted octanol–water partition coefficient (Wildman–Crippen LogP) is -0.227. The first-order valence-electron chi connectivity index (χ1n) is 4.88. The lowest BCUT2D eigenvalue weighted by molar-refractivity contribution is -0.121. The van der Waals surface area contributed by atoms with Crippen molar-refractivity contribution in [2.75, 3.05) is 13.2 Å². The van der Waals surface area contributed by atoms with E-state index < -0.39 is 0 Å². The molecule has 3 N–H and O–H groups in total. The van der Waals surface area contributed by atoms with Gasteiger partial charge in [-0.25, -0.2) is 0 Å². The summed E-state index contributed by atoms with van der Waals surface area (Å²) in [6.45, 7) is 1.60. The van der Waals surface area contributed by atoms with Crippen molar-refractivity contribution in [3.8, 4) is 0 Å². The van der Waals surface area contributed by atoms with Gasteiger partial charge in [-0.1, -0.05) is 0 Å². The van der Waals surface area contributed by atoms with Crippen LogP contribution < -0.4 is 11.1 Å². The first-order valence-corrected chi connectivity index (χ1v) is 4.88. The molecule has 1 saturated carbocycles. The highest BCUT2D eigenvalue weighted by molar-refractivity contribution is 5.87. The van der Waals surface area contributed by atoms with Crippen molar-refractivity contribution in [3.05, 3.63) is 0 Å². The Morgan fingerprint density at radius 2 is 2.00 bits per heavy atom. The number of amides is 1.